The van der Waals surface area contributed by atoms with E-state index in [1.165, 1.54) is 10.8 Å². The molecule has 1 aliphatic heterocycles. The van der Waals surface area contributed by atoms with Gasteiger partial charge in [-0.15, -0.1) is 11.3 Å². The molecule has 114 valence electrons. The first-order valence-electron chi connectivity index (χ1n) is 7.54. The second kappa shape index (κ2) is 6.87. The van der Waals surface area contributed by atoms with E-state index < -0.39 is 0 Å². The zero-order valence-corrected chi connectivity index (χ0v) is 14.2. The van der Waals surface area contributed by atoms with Crippen LogP contribution in [-0.2, 0) is 6.54 Å². The summed E-state index contributed by atoms with van der Waals surface area (Å²) >= 11 is 1.78. The predicted molar refractivity (Wildman–Crippen MR) is 87.5 cm³/mol. The Morgan fingerprint density at radius 3 is 2.80 bits per heavy atom. The standard InChI is InChI=1S/C15H28N4S/c1-11(2)6-16-7-13-10-20-15(17-13)19-8-12(3)14(9-19)18(4)5/h10-12,14,16H,6-9H2,1-5H3. The highest BCUT2D eigenvalue weighted by Gasteiger charge is 2.32. The molecule has 2 atom stereocenters. The van der Waals surface area contributed by atoms with E-state index in [0.29, 0.717) is 17.9 Å². The van der Waals surface area contributed by atoms with Crippen molar-refractivity contribution in [1.82, 2.24) is 15.2 Å². The van der Waals surface area contributed by atoms with Crippen molar-refractivity contribution in [2.24, 2.45) is 11.8 Å². The third-order valence-corrected chi connectivity index (χ3v) is 4.86. The molecule has 0 aliphatic carbocycles. The largest absolute Gasteiger partial charge is 0.346 e. The van der Waals surface area contributed by atoms with Crippen molar-refractivity contribution in [3.05, 3.63) is 11.1 Å². The Morgan fingerprint density at radius 1 is 1.45 bits per heavy atom. The van der Waals surface area contributed by atoms with E-state index in [2.05, 4.69) is 55.4 Å². The first-order chi connectivity index (χ1) is 9.47. The van der Waals surface area contributed by atoms with Crippen molar-refractivity contribution < 1.29 is 0 Å². The monoisotopic (exact) mass is 296 g/mol. The summed E-state index contributed by atoms with van der Waals surface area (Å²) in [5.41, 5.74) is 1.17. The lowest BCUT2D eigenvalue weighted by Crippen LogP contribution is -2.34. The maximum atomic E-state index is 4.78. The predicted octanol–water partition coefficient (Wildman–Crippen LogP) is 2.28. The van der Waals surface area contributed by atoms with Crippen LogP contribution in [0.1, 0.15) is 26.5 Å². The molecule has 0 spiro atoms. The van der Waals surface area contributed by atoms with Crippen LogP contribution in [0.4, 0.5) is 5.13 Å². The van der Waals surface area contributed by atoms with Crippen LogP contribution in [0, 0.1) is 11.8 Å². The average Bonchev–Trinajstić information content (AvgIpc) is 2.95. The highest BCUT2D eigenvalue weighted by Crippen LogP contribution is 2.28. The Bertz CT molecular complexity index is 416. The second-order valence-corrected chi connectivity index (χ2v) is 7.40. The Morgan fingerprint density at radius 2 is 2.20 bits per heavy atom. The van der Waals surface area contributed by atoms with E-state index in [1.54, 1.807) is 11.3 Å². The zero-order chi connectivity index (χ0) is 14.7. The Kier molecular flexibility index (Phi) is 5.41. The highest BCUT2D eigenvalue weighted by molar-refractivity contribution is 7.13. The van der Waals surface area contributed by atoms with Gasteiger partial charge in [-0.05, 0) is 32.5 Å². The molecule has 0 radical (unpaired) electrons. The van der Waals surface area contributed by atoms with Gasteiger partial charge in [-0.25, -0.2) is 4.98 Å². The molecular formula is C15H28N4S. The van der Waals surface area contributed by atoms with Crippen LogP contribution in [0.3, 0.4) is 0 Å². The van der Waals surface area contributed by atoms with Crippen LogP contribution < -0.4 is 10.2 Å². The number of thiazole rings is 1. The van der Waals surface area contributed by atoms with Crippen LogP contribution >= 0.6 is 11.3 Å². The number of nitrogens with one attached hydrogen (secondary N) is 1. The molecule has 2 rings (SSSR count). The number of aromatic nitrogens is 1. The summed E-state index contributed by atoms with van der Waals surface area (Å²) in [6.07, 6.45) is 0. The van der Waals surface area contributed by atoms with Crippen molar-refractivity contribution in [1.29, 1.82) is 0 Å². The lowest BCUT2D eigenvalue weighted by molar-refractivity contribution is 0.266. The fourth-order valence-corrected chi connectivity index (χ4v) is 3.64. The third-order valence-electron chi connectivity index (χ3n) is 3.90. The summed E-state index contributed by atoms with van der Waals surface area (Å²) in [5, 5.41) is 6.83. The van der Waals surface area contributed by atoms with Crippen molar-refractivity contribution in [2.45, 2.75) is 33.4 Å². The minimum absolute atomic E-state index is 0.640. The van der Waals surface area contributed by atoms with E-state index in [4.69, 9.17) is 4.98 Å². The molecule has 20 heavy (non-hydrogen) atoms. The van der Waals surface area contributed by atoms with Crippen molar-refractivity contribution in [3.8, 4) is 0 Å². The van der Waals surface area contributed by atoms with Gasteiger partial charge in [0.05, 0.1) is 5.69 Å². The number of hydrogen-bond donors (Lipinski definition) is 1. The van der Waals surface area contributed by atoms with Gasteiger partial charge in [0.15, 0.2) is 5.13 Å². The van der Waals surface area contributed by atoms with Crippen LogP contribution in [-0.4, -0.2) is 49.7 Å². The molecule has 4 nitrogen and oxygen atoms in total. The van der Waals surface area contributed by atoms with E-state index in [9.17, 15) is 0 Å². The Balaban J connectivity index is 1.89. The van der Waals surface area contributed by atoms with Gasteiger partial charge < -0.3 is 15.1 Å². The number of likely N-dealkylation sites (N-methyl/N-ethyl adjacent to an activating group) is 1. The Hall–Kier alpha value is -0.650. The first kappa shape index (κ1) is 15.7. The smallest absolute Gasteiger partial charge is 0.185 e. The molecule has 1 aromatic rings. The van der Waals surface area contributed by atoms with Gasteiger partial charge in [-0.1, -0.05) is 20.8 Å². The van der Waals surface area contributed by atoms with Gasteiger partial charge in [0.2, 0.25) is 0 Å². The van der Waals surface area contributed by atoms with E-state index >= 15 is 0 Å². The van der Waals surface area contributed by atoms with Gasteiger partial charge in [-0.2, -0.15) is 0 Å². The van der Waals surface area contributed by atoms with Gasteiger partial charge in [-0.3, -0.25) is 0 Å². The summed E-state index contributed by atoms with van der Waals surface area (Å²) in [4.78, 5) is 9.55. The lowest BCUT2D eigenvalue weighted by Gasteiger charge is -2.22. The topological polar surface area (TPSA) is 31.4 Å². The van der Waals surface area contributed by atoms with Gasteiger partial charge >= 0.3 is 0 Å². The molecule has 2 unspecified atom stereocenters. The van der Waals surface area contributed by atoms with Crippen molar-refractivity contribution in [3.63, 3.8) is 0 Å². The lowest BCUT2D eigenvalue weighted by atomic mass is 10.1. The summed E-state index contributed by atoms with van der Waals surface area (Å²) in [6.45, 7) is 10.9. The molecular weight excluding hydrogens is 268 g/mol. The zero-order valence-electron chi connectivity index (χ0n) is 13.4. The van der Waals surface area contributed by atoms with E-state index in [1.807, 2.05) is 0 Å². The second-order valence-electron chi connectivity index (χ2n) is 6.56. The molecule has 1 aromatic heterocycles. The van der Waals surface area contributed by atoms with E-state index in [0.717, 1.165) is 26.2 Å². The maximum absolute atomic E-state index is 4.78. The van der Waals surface area contributed by atoms with Gasteiger partial charge in [0, 0.05) is 31.1 Å². The molecule has 1 saturated heterocycles. The van der Waals surface area contributed by atoms with Crippen molar-refractivity contribution >= 4 is 16.5 Å². The number of anilines is 1. The minimum atomic E-state index is 0.640. The van der Waals surface area contributed by atoms with Crippen molar-refractivity contribution in [2.75, 3.05) is 38.6 Å². The third kappa shape index (κ3) is 3.93. The molecule has 0 bridgehead atoms. The van der Waals surface area contributed by atoms with Crippen LogP contribution in [0.25, 0.3) is 0 Å². The molecule has 2 heterocycles. The van der Waals surface area contributed by atoms with Crippen LogP contribution in [0.15, 0.2) is 5.38 Å². The maximum Gasteiger partial charge on any atom is 0.185 e. The number of hydrogen-bond acceptors (Lipinski definition) is 5. The molecule has 0 amide bonds. The molecule has 1 N–H and O–H groups in total. The number of nitrogens with zero attached hydrogens (tertiary/aromatic N) is 3. The summed E-state index contributed by atoms with van der Waals surface area (Å²) in [6, 6.07) is 0.640. The summed E-state index contributed by atoms with van der Waals surface area (Å²) < 4.78 is 0. The van der Waals surface area contributed by atoms with Crippen LogP contribution in [0.2, 0.25) is 0 Å². The van der Waals surface area contributed by atoms with E-state index in [-0.39, 0.29) is 0 Å². The highest BCUT2D eigenvalue weighted by atomic mass is 32.1. The molecule has 0 saturated carbocycles. The molecule has 0 aromatic carbocycles. The SMILES string of the molecule is CC(C)CNCc1csc(N2CC(C)C(N(C)C)C2)n1. The summed E-state index contributed by atoms with van der Waals surface area (Å²) in [5.74, 6) is 1.39. The Labute approximate surface area is 127 Å². The van der Waals surface area contributed by atoms with Crippen LogP contribution in [0.5, 0.6) is 0 Å². The average molecular weight is 296 g/mol. The summed E-state index contributed by atoms with van der Waals surface area (Å²) in [7, 11) is 4.35. The van der Waals surface area contributed by atoms with Gasteiger partial charge in [0.25, 0.3) is 0 Å². The molecule has 5 heteroatoms. The normalized spacial score (nSPS) is 23.2. The molecule has 1 fully saturated rings. The fraction of sp³-hybridized carbons (Fsp3) is 0.800. The quantitative estimate of drug-likeness (QED) is 0.872. The van der Waals surface area contributed by atoms with Gasteiger partial charge in [0.1, 0.15) is 0 Å². The molecule has 1 aliphatic rings. The number of rotatable bonds is 6. The first-order valence-corrected chi connectivity index (χ1v) is 8.41. The minimum Gasteiger partial charge on any atom is -0.346 e. The fourth-order valence-electron chi connectivity index (χ4n) is 2.79.